The van der Waals surface area contributed by atoms with Crippen LogP contribution in [0.5, 0.6) is 0 Å². The lowest BCUT2D eigenvalue weighted by atomic mass is 9.93. The summed E-state index contributed by atoms with van der Waals surface area (Å²) in [5, 5.41) is 13.0. The Balaban J connectivity index is 2.28. The third-order valence-electron chi connectivity index (χ3n) is 3.86. The Morgan fingerprint density at radius 2 is 2.05 bits per heavy atom. The van der Waals surface area contributed by atoms with Gasteiger partial charge in [-0.1, -0.05) is 39.5 Å². The number of rotatable bonds is 8. The maximum Gasteiger partial charge on any atom is 0.251 e. The minimum absolute atomic E-state index is 0.0908. The van der Waals surface area contributed by atoms with Crippen LogP contribution >= 0.6 is 0 Å². The molecule has 1 fully saturated rings. The predicted molar refractivity (Wildman–Crippen MR) is 77.5 cm³/mol. The lowest BCUT2D eigenvalue weighted by molar-refractivity contribution is -0.180. The molecule has 5 nitrogen and oxygen atoms in total. The first-order chi connectivity index (χ1) is 9.61. The maximum atomic E-state index is 12.0. The molecule has 0 aromatic heterocycles. The molecule has 0 aliphatic carbocycles. The monoisotopic (exact) mass is 287 g/mol. The smallest absolute Gasteiger partial charge is 0.251 e. The van der Waals surface area contributed by atoms with Gasteiger partial charge in [0.25, 0.3) is 5.91 Å². The summed E-state index contributed by atoms with van der Waals surface area (Å²) in [5.74, 6) is -0.143. The van der Waals surface area contributed by atoms with Gasteiger partial charge in [0, 0.05) is 19.6 Å². The van der Waals surface area contributed by atoms with Gasteiger partial charge in [-0.05, 0) is 6.42 Å². The van der Waals surface area contributed by atoms with E-state index in [2.05, 4.69) is 12.2 Å². The fourth-order valence-corrected chi connectivity index (χ4v) is 2.60. The molecule has 0 aromatic rings. The molecule has 20 heavy (non-hydrogen) atoms. The number of carbonyl (C=O) groups is 1. The highest BCUT2D eigenvalue weighted by molar-refractivity contribution is 5.81. The molecule has 0 spiro atoms. The molecule has 5 heteroatoms. The SMILES string of the molecule is CCCCCCCNC(=O)C1OCC(C)C(OC)C1O. The van der Waals surface area contributed by atoms with Crippen LogP contribution in [-0.2, 0) is 14.3 Å². The molecule has 0 bridgehead atoms. The average Bonchev–Trinajstić information content (AvgIpc) is 2.43. The second-order valence-corrected chi connectivity index (χ2v) is 5.63. The fraction of sp³-hybridized carbons (Fsp3) is 0.933. The number of amides is 1. The summed E-state index contributed by atoms with van der Waals surface area (Å²) in [7, 11) is 1.55. The van der Waals surface area contributed by atoms with Crippen molar-refractivity contribution in [3.63, 3.8) is 0 Å². The van der Waals surface area contributed by atoms with E-state index in [0.717, 1.165) is 12.8 Å². The normalized spacial score (nSPS) is 30.2. The Morgan fingerprint density at radius 1 is 1.35 bits per heavy atom. The highest BCUT2D eigenvalue weighted by Gasteiger charge is 2.41. The van der Waals surface area contributed by atoms with E-state index in [1.54, 1.807) is 7.11 Å². The largest absolute Gasteiger partial charge is 0.387 e. The van der Waals surface area contributed by atoms with E-state index < -0.39 is 12.2 Å². The molecule has 118 valence electrons. The van der Waals surface area contributed by atoms with Crippen molar-refractivity contribution in [3.05, 3.63) is 0 Å². The van der Waals surface area contributed by atoms with Crippen LogP contribution in [-0.4, -0.2) is 49.6 Å². The van der Waals surface area contributed by atoms with Gasteiger partial charge in [-0.15, -0.1) is 0 Å². The van der Waals surface area contributed by atoms with Crippen molar-refractivity contribution >= 4 is 5.91 Å². The lowest BCUT2D eigenvalue weighted by Crippen LogP contribution is -2.56. The molecule has 1 aliphatic heterocycles. The van der Waals surface area contributed by atoms with Crippen LogP contribution in [0.4, 0.5) is 0 Å². The van der Waals surface area contributed by atoms with Crippen LogP contribution in [0.15, 0.2) is 0 Å². The van der Waals surface area contributed by atoms with Crippen molar-refractivity contribution in [2.75, 3.05) is 20.3 Å². The Bertz CT molecular complexity index is 285. The van der Waals surface area contributed by atoms with Crippen LogP contribution < -0.4 is 5.32 Å². The zero-order valence-corrected chi connectivity index (χ0v) is 12.9. The lowest BCUT2D eigenvalue weighted by Gasteiger charge is -2.37. The van der Waals surface area contributed by atoms with Gasteiger partial charge in [-0.2, -0.15) is 0 Å². The van der Waals surface area contributed by atoms with E-state index in [1.165, 1.54) is 19.3 Å². The topological polar surface area (TPSA) is 67.8 Å². The Hall–Kier alpha value is -0.650. The number of carbonyl (C=O) groups excluding carboxylic acids is 1. The summed E-state index contributed by atoms with van der Waals surface area (Å²) in [6.45, 7) is 5.20. The van der Waals surface area contributed by atoms with Gasteiger partial charge in [0.1, 0.15) is 6.10 Å². The van der Waals surface area contributed by atoms with Crippen LogP contribution in [0, 0.1) is 5.92 Å². The molecule has 0 saturated carbocycles. The zero-order chi connectivity index (χ0) is 15.0. The molecule has 0 aromatic carbocycles. The first-order valence-electron chi connectivity index (χ1n) is 7.72. The number of unbranched alkanes of at least 4 members (excludes halogenated alkanes) is 4. The molecule has 1 heterocycles. The second-order valence-electron chi connectivity index (χ2n) is 5.63. The quantitative estimate of drug-likeness (QED) is 0.664. The Labute approximate surface area is 122 Å². The Kier molecular flexibility index (Phi) is 8.11. The molecule has 1 aliphatic rings. The average molecular weight is 287 g/mol. The first kappa shape index (κ1) is 17.4. The van der Waals surface area contributed by atoms with Crippen molar-refractivity contribution in [3.8, 4) is 0 Å². The van der Waals surface area contributed by atoms with E-state index >= 15 is 0 Å². The van der Waals surface area contributed by atoms with Crippen LogP contribution in [0.25, 0.3) is 0 Å². The molecule has 1 saturated heterocycles. The van der Waals surface area contributed by atoms with Gasteiger partial charge in [0.15, 0.2) is 6.10 Å². The van der Waals surface area contributed by atoms with Crippen LogP contribution in [0.1, 0.15) is 46.0 Å². The van der Waals surface area contributed by atoms with Gasteiger partial charge >= 0.3 is 0 Å². The molecule has 2 N–H and O–H groups in total. The summed E-state index contributed by atoms with van der Waals surface area (Å²) >= 11 is 0. The van der Waals surface area contributed by atoms with E-state index in [9.17, 15) is 9.90 Å². The van der Waals surface area contributed by atoms with Crippen molar-refractivity contribution in [2.24, 2.45) is 5.92 Å². The summed E-state index contributed by atoms with van der Waals surface area (Å²) in [6, 6.07) is 0. The highest BCUT2D eigenvalue weighted by Crippen LogP contribution is 2.22. The van der Waals surface area contributed by atoms with Crippen LogP contribution in [0.3, 0.4) is 0 Å². The molecule has 4 atom stereocenters. The van der Waals surface area contributed by atoms with Crippen molar-refractivity contribution in [2.45, 2.75) is 64.3 Å². The Morgan fingerprint density at radius 3 is 2.70 bits per heavy atom. The highest BCUT2D eigenvalue weighted by atomic mass is 16.5. The fourth-order valence-electron chi connectivity index (χ4n) is 2.60. The molecule has 1 amide bonds. The number of methoxy groups -OCH3 is 1. The van der Waals surface area contributed by atoms with Crippen molar-refractivity contribution in [1.82, 2.24) is 5.32 Å². The van der Waals surface area contributed by atoms with Gasteiger partial charge in [-0.25, -0.2) is 0 Å². The predicted octanol–water partition coefficient (Wildman–Crippen LogP) is 1.48. The standard InChI is InChI=1S/C15H29NO4/c1-4-5-6-7-8-9-16-15(18)14-12(17)13(19-3)11(2)10-20-14/h11-14,17H,4-10H2,1-3H3,(H,16,18). The summed E-state index contributed by atoms with van der Waals surface area (Å²) in [4.78, 5) is 12.0. The van der Waals surface area contributed by atoms with Gasteiger partial charge in [-0.3, -0.25) is 4.79 Å². The molecule has 0 radical (unpaired) electrons. The molecule has 1 rings (SSSR count). The number of nitrogens with one attached hydrogen (secondary N) is 1. The number of hydrogen-bond donors (Lipinski definition) is 2. The van der Waals surface area contributed by atoms with E-state index in [4.69, 9.17) is 9.47 Å². The van der Waals surface area contributed by atoms with Gasteiger partial charge in [0.05, 0.1) is 12.7 Å². The van der Waals surface area contributed by atoms with E-state index in [0.29, 0.717) is 13.2 Å². The number of aliphatic hydroxyl groups is 1. The number of ether oxygens (including phenoxy) is 2. The summed E-state index contributed by atoms with van der Waals surface area (Å²) in [5.41, 5.74) is 0. The van der Waals surface area contributed by atoms with Crippen molar-refractivity contribution in [1.29, 1.82) is 0 Å². The van der Waals surface area contributed by atoms with Crippen LogP contribution in [0.2, 0.25) is 0 Å². The number of hydrogen-bond acceptors (Lipinski definition) is 4. The molecule has 4 unspecified atom stereocenters. The van der Waals surface area contributed by atoms with Crippen molar-refractivity contribution < 1.29 is 19.4 Å². The van der Waals surface area contributed by atoms with E-state index in [1.807, 2.05) is 6.92 Å². The van der Waals surface area contributed by atoms with Gasteiger partial charge < -0.3 is 19.9 Å². The minimum atomic E-state index is -0.899. The second kappa shape index (κ2) is 9.32. The molecular formula is C15H29NO4. The summed E-state index contributed by atoms with van der Waals surface area (Å²) in [6.07, 6.45) is 3.70. The minimum Gasteiger partial charge on any atom is -0.387 e. The van der Waals surface area contributed by atoms with Gasteiger partial charge in [0.2, 0.25) is 0 Å². The summed E-state index contributed by atoms with van der Waals surface area (Å²) < 4.78 is 10.7. The zero-order valence-electron chi connectivity index (χ0n) is 12.9. The van der Waals surface area contributed by atoms with E-state index in [-0.39, 0.29) is 17.9 Å². The third kappa shape index (κ3) is 5.04. The maximum absolute atomic E-state index is 12.0. The first-order valence-corrected chi connectivity index (χ1v) is 7.72. The third-order valence-corrected chi connectivity index (χ3v) is 3.86. The molecular weight excluding hydrogens is 258 g/mol. The number of aliphatic hydroxyl groups excluding tert-OH is 1.